The maximum absolute atomic E-state index is 13.4. The Kier molecular flexibility index (Phi) is 5.33. The van der Waals surface area contributed by atoms with E-state index in [0.717, 1.165) is 24.2 Å². The Bertz CT molecular complexity index is 583. The molecule has 0 saturated carbocycles. The summed E-state index contributed by atoms with van der Waals surface area (Å²) in [4.78, 5) is 0. The largest absolute Gasteiger partial charge is 0.496 e. The third-order valence-electron chi connectivity index (χ3n) is 3.49. The first-order valence-electron chi connectivity index (χ1n) is 7.23. The zero-order valence-electron chi connectivity index (χ0n) is 12.8. The van der Waals surface area contributed by atoms with E-state index in [1.165, 1.54) is 12.1 Å². The molecular weight excluding hydrogens is 269 g/mol. The fourth-order valence-corrected chi connectivity index (χ4v) is 2.33. The van der Waals surface area contributed by atoms with Crippen LogP contribution in [0.5, 0.6) is 5.75 Å². The zero-order chi connectivity index (χ0) is 15.2. The highest BCUT2D eigenvalue weighted by molar-refractivity contribution is 5.36. The van der Waals surface area contributed by atoms with Crippen LogP contribution in [0.15, 0.2) is 30.5 Å². The van der Waals surface area contributed by atoms with Gasteiger partial charge in [-0.3, -0.25) is 4.68 Å². The van der Waals surface area contributed by atoms with Gasteiger partial charge in [-0.1, -0.05) is 6.92 Å². The van der Waals surface area contributed by atoms with Crippen LogP contribution in [0.1, 0.15) is 37.6 Å². The molecule has 0 radical (unpaired) electrons. The summed E-state index contributed by atoms with van der Waals surface area (Å²) in [6.45, 7) is 5.71. The molecule has 0 fully saturated rings. The second kappa shape index (κ2) is 7.22. The highest BCUT2D eigenvalue weighted by Gasteiger charge is 2.13. The van der Waals surface area contributed by atoms with Gasteiger partial charge in [0.15, 0.2) is 0 Å². The van der Waals surface area contributed by atoms with E-state index in [-0.39, 0.29) is 11.9 Å². The van der Waals surface area contributed by atoms with Crippen LogP contribution in [0.3, 0.4) is 0 Å². The Balaban J connectivity index is 2.06. The number of nitrogens with zero attached hydrogens (tertiary/aromatic N) is 2. The van der Waals surface area contributed by atoms with E-state index >= 15 is 0 Å². The number of aryl methyl sites for hydroxylation is 1. The summed E-state index contributed by atoms with van der Waals surface area (Å²) >= 11 is 0. The van der Waals surface area contributed by atoms with E-state index in [4.69, 9.17) is 4.74 Å². The molecule has 0 spiro atoms. The Morgan fingerprint density at radius 3 is 2.90 bits per heavy atom. The topological polar surface area (TPSA) is 39.1 Å². The Hall–Kier alpha value is -1.88. The molecule has 0 saturated heterocycles. The van der Waals surface area contributed by atoms with Crippen molar-refractivity contribution in [3.05, 3.63) is 47.5 Å². The number of rotatable bonds is 7. The molecule has 1 aromatic carbocycles. The van der Waals surface area contributed by atoms with E-state index in [9.17, 15) is 4.39 Å². The number of hydrogen-bond donors (Lipinski definition) is 1. The molecule has 114 valence electrons. The van der Waals surface area contributed by atoms with Crippen molar-refractivity contribution in [3.63, 3.8) is 0 Å². The van der Waals surface area contributed by atoms with Crippen molar-refractivity contribution < 1.29 is 9.13 Å². The van der Waals surface area contributed by atoms with E-state index in [1.807, 2.05) is 17.7 Å². The quantitative estimate of drug-likeness (QED) is 0.851. The first-order valence-corrected chi connectivity index (χ1v) is 7.23. The molecule has 1 N–H and O–H groups in total. The molecule has 0 aliphatic rings. The van der Waals surface area contributed by atoms with Crippen LogP contribution in [0.2, 0.25) is 0 Å². The van der Waals surface area contributed by atoms with Crippen LogP contribution in [0.25, 0.3) is 0 Å². The molecule has 1 aromatic heterocycles. The lowest BCUT2D eigenvalue weighted by Crippen LogP contribution is -2.21. The molecule has 5 heteroatoms. The highest BCUT2D eigenvalue weighted by Crippen LogP contribution is 2.26. The van der Waals surface area contributed by atoms with Crippen LogP contribution >= 0.6 is 0 Å². The van der Waals surface area contributed by atoms with Gasteiger partial charge in [0, 0.05) is 30.9 Å². The minimum Gasteiger partial charge on any atom is -0.496 e. The van der Waals surface area contributed by atoms with Gasteiger partial charge in [0.05, 0.1) is 12.8 Å². The third-order valence-corrected chi connectivity index (χ3v) is 3.49. The maximum atomic E-state index is 13.4. The molecule has 1 unspecified atom stereocenters. The van der Waals surface area contributed by atoms with Crippen LogP contribution in [0.4, 0.5) is 4.39 Å². The minimum absolute atomic E-state index is 0.0133. The van der Waals surface area contributed by atoms with Gasteiger partial charge in [-0.25, -0.2) is 4.39 Å². The van der Waals surface area contributed by atoms with Crippen molar-refractivity contribution >= 4 is 0 Å². The van der Waals surface area contributed by atoms with Crippen molar-refractivity contribution in [1.29, 1.82) is 0 Å². The van der Waals surface area contributed by atoms with Gasteiger partial charge in [0.25, 0.3) is 0 Å². The van der Waals surface area contributed by atoms with Crippen LogP contribution in [0, 0.1) is 5.82 Å². The molecular formula is C16H22FN3O. The van der Waals surface area contributed by atoms with E-state index < -0.39 is 0 Å². The zero-order valence-corrected chi connectivity index (χ0v) is 12.8. The first kappa shape index (κ1) is 15.5. The molecule has 1 heterocycles. The molecule has 2 rings (SSSR count). The monoisotopic (exact) mass is 291 g/mol. The van der Waals surface area contributed by atoms with Gasteiger partial charge in [-0.2, -0.15) is 5.10 Å². The lowest BCUT2D eigenvalue weighted by molar-refractivity contribution is 0.399. The fraction of sp³-hybridized carbons (Fsp3) is 0.438. The summed E-state index contributed by atoms with van der Waals surface area (Å²) in [5, 5.41) is 7.69. The lowest BCUT2D eigenvalue weighted by Gasteiger charge is -2.18. The Labute approximate surface area is 124 Å². The van der Waals surface area contributed by atoms with E-state index in [0.29, 0.717) is 12.3 Å². The summed E-state index contributed by atoms with van der Waals surface area (Å²) in [6, 6.07) is 6.56. The third kappa shape index (κ3) is 3.82. The first-order chi connectivity index (χ1) is 10.2. The van der Waals surface area contributed by atoms with Gasteiger partial charge >= 0.3 is 0 Å². The SMILES string of the molecule is CCCn1nccc1CNC(C)c1cc(F)ccc1OC. The van der Waals surface area contributed by atoms with Crippen molar-refractivity contribution in [2.75, 3.05) is 7.11 Å². The van der Waals surface area contributed by atoms with Gasteiger partial charge in [-0.15, -0.1) is 0 Å². The van der Waals surface area contributed by atoms with Gasteiger partial charge < -0.3 is 10.1 Å². The number of hydrogen-bond acceptors (Lipinski definition) is 3. The van der Waals surface area contributed by atoms with E-state index in [1.54, 1.807) is 19.4 Å². The number of nitrogens with one attached hydrogen (secondary N) is 1. The van der Waals surface area contributed by atoms with Crippen molar-refractivity contribution in [1.82, 2.24) is 15.1 Å². The van der Waals surface area contributed by atoms with Gasteiger partial charge in [-0.05, 0) is 37.6 Å². The summed E-state index contributed by atoms with van der Waals surface area (Å²) in [5.41, 5.74) is 1.94. The second-order valence-corrected chi connectivity index (χ2v) is 5.03. The predicted octanol–water partition coefficient (Wildman–Crippen LogP) is 3.29. The highest BCUT2D eigenvalue weighted by atomic mass is 19.1. The van der Waals surface area contributed by atoms with Crippen LogP contribution in [-0.4, -0.2) is 16.9 Å². The minimum atomic E-state index is -0.254. The lowest BCUT2D eigenvalue weighted by atomic mass is 10.1. The van der Waals surface area contributed by atoms with Crippen molar-refractivity contribution in [2.24, 2.45) is 0 Å². The van der Waals surface area contributed by atoms with Crippen LogP contribution < -0.4 is 10.1 Å². The standard InChI is InChI=1S/C16H22FN3O/c1-4-9-20-14(7-8-19-20)11-18-12(2)15-10-13(17)5-6-16(15)21-3/h5-8,10,12,18H,4,9,11H2,1-3H3. The van der Waals surface area contributed by atoms with Gasteiger partial charge in [0.2, 0.25) is 0 Å². The number of halogens is 1. The van der Waals surface area contributed by atoms with E-state index in [2.05, 4.69) is 17.3 Å². The maximum Gasteiger partial charge on any atom is 0.123 e. The Morgan fingerprint density at radius 1 is 1.38 bits per heavy atom. The van der Waals surface area contributed by atoms with Gasteiger partial charge in [0.1, 0.15) is 11.6 Å². The molecule has 21 heavy (non-hydrogen) atoms. The second-order valence-electron chi connectivity index (χ2n) is 5.03. The number of methoxy groups -OCH3 is 1. The molecule has 0 amide bonds. The molecule has 4 nitrogen and oxygen atoms in total. The molecule has 0 bridgehead atoms. The van der Waals surface area contributed by atoms with Crippen molar-refractivity contribution in [3.8, 4) is 5.75 Å². The number of benzene rings is 1. The average Bonchev–Trinajstić information content (AvgIpc) is 2.92. The number of aromatic nitrogens is 2. The fourth-order valence-electron chi connectivity index (χ4n) is 2.33. The molecule has 0 aliphatic heterocycles. The Morgan fingerprint density at radius 2 is 2.19 bits per heavy atom. The average molecular weight is 291 g/mol. The van der Waals surface area contributed by atoms with Crippen molar-refractivity contribution in [2.45, 2.75) is 39.4 Å². The summed E-state index contributed by atoms with van der Waals surface area (Å²) in [5.74, 6) is 0.439. The summed E-state index contributed by atoms with van der Waals surface area (Å²) < 4.78 is 20.7. The smallest absolute Gasteiger partial charge is 0.123 e. The molecule has 1 atom stereocenters. The molecule has 2 aromatic rings. The predicted molar refractivity (Wildman–Crippen MR) is 80.7 cm³/mol. The molecule has 0 aliphatic carbocycles. The normalized spacial score (nSPS) is 12.4. The van der Waals surface area contributed by atoms with Crippen LogP contribution in [-0.2, 0) is 13.1 Å². The number of ether oxygens (including phenoxy) is 1. The summed E-state index contributed by atoms with van der Waals surface area (Å²) in [6.07, 6.45) is 2.85. The summed E-state index contributed by atoms with van der Waals surface area (Å²) in [7, 11) is 1.60.